The first-order valence-corrected chi connectivity index (χ1v) is 5.07. The molecule has 0 aliphatic carbocycles. The maximum atomic E-state index is 5.48. The summed E-state index contributed by atoms with van der Waals surface area (Å²) in [7, 11) is 0. The molecule has 1 heterocycles. The third-order valence-corrected chi connectivity index (χ3v) is 2.21. The smallest absolute Gasteiger partial charge is 0.0222 e. The predicted octanol–water partition coefficient (Wildman–Crippen LogP) is 2.04. The van der Waals surface area contributed by atoms with E-state index in [9.17, 15) is 0 Å². The molecule has 74 valence electrons. The molecule has 0 unspecified atom stereocenters. The van der Waals surface area contributed by atoms with E-state index in [2.05, 4.69) is 36.9 Å². The fourth-order valence-electron chi connectivity index (χ4n) is 1.35. The van der Waals surface area contributed by atoms with Crippen LogP contribution in [0.15, 0.2) is 18.5 Å². The Hall–Kier alpha value is -0.760. The monoisotopic (exact) mass is 180 g/mol. The number of rotatable bonds is 5. The number of nitrogens with zero attached hydrogens (tertiary/aromatic N) is 1. The molecule has 1 aromatic rings. The van der Waals surface area contributed by atoms with Crippen LogP contribution in [0.3, 0.4) is 0 Å². The lowest BCUT2D eigenvalue weighted by Gasteiger charge is -2.05. The van der Waals surface area contributed by atoms with Crippen LogP contribution in [0.4, 0.5) is 0 Å². The summed E-state index contributed by atoms with van der Waals surface area (Å²) in [5, 5.41) is 0. The standard InChI is InChI=1S/C11H20N2/c1-10(2)4-7-13-8-5-11(9-13)3-6-12/h5,8-10H,3-4,6-7,12H2,1-2H3. The molecule has 0 aliphatic heterocycles. The Kier molecular flexibility index (Phi) is 4.03. The second-order valence-electron chi connectivity index (χ2n) is 3.98. The molecule has 0 saturated heterocycles. The maximum Gasteiger partial charge on any atom is 0.0222 e. The predicted molar refractivity (Wildman–Crippen MR) is 56.6 cm³/mol. The van der Waals surface area contributed by atoms with Gasteiger partial charge in [0.25, 0.3) is 0 Å². The molecule has 13 heavy (non-hydrogen) atoms. The van der Waals surface area contributed by atoms with Crippen molar-refractivity contribution in [2.45, 2.75) is 33.2 Å². The van der Waals surface area contributed by atoms with Gasteiger partial charge in [-0.2, -0.15) is 0 Å². The van der Waals surface area contributed by atoms with Crippen molar-refractivity contribution < 1.29 is 0 Å². The van der Waals surface area contributed by atoms with Crippen LogP contribution in [0, 0.1) is 5.92 Å². The zero-order valence-electron chi connectivity index (χ0n) is 8.66. The van der Waals surface area contributed by atoms with Crippen LogP contribution in [0.2, 0.25) is 0 Å². The van der Waals surface area contributed by atoms with Crippen molar-refractivity contribution in [3.05, 3.63) is 24.0 Å². The second-order valence-corrected chi connectivity index (χ2v) is 3.98. The zero-order chi connectivity index (χ0) is 9.68. The number of nitrogens with two attached hydrogens (primary N) is 1. The molecule has 0 aromatic carbocycles. The summed E-state index contributed by atoms with van der Waals surface area (Å²) >= 11 is 0. The molecule has 0 spiro atoms. The Morgan fingerprint density at radius 1 is 1.46 bits per heavy atom. The minimum Gasteiger partial charge on any atom is -0.354 e. The third kappa shape index (κ3) is 3.64. The maximum absolute atomic E-state index is 5.48. The van der Waals surface area contributed by atoms with Gasteiger partial charge in [0.1, 0.15) is 0 Å². The molecule has 0 atom stereocenters. The van der Waals surface area contributed by atoms with Gasteiger partial charge in [0.05, 0.1) is 0 Å². The molecule has 0 radical (unpaired) electrons. The van der Waals surface area contributed by atoms with Gasteiger partial charge in [0.15, 0.2) is 0 Å². The van der Waals surface area contributed by atoms with Crippen LogP contribution in [0.25, 0.3) is 0 Å². The van der Waals surface area contributed by atoms with Crippen molar-refractivity contribution in [2.24, 2.45) is 11.7 Å². The molecule has 0 fully saturated rings. The average molecular weight is 180 g/mol. The number of aryl methyl sites for hydroxylation is 1. The van der Waals surface area contributed by atoms with Gasteiger partial charge in [0.2, 0.25) is 0 Å². The van der Waals surface area contributed by atoms with Crippen molar-refractivity contribution in [2.75, 3.05) is 6.54 Å². The van der Waals surface area contributed by atoms with Gasteiger partial charge in [-0.25, -0.2) is 0 Å². The molecule has 2 heteroatoms. The summed E-state index contributed by atoms with van der Waals surface area (Å²) in [6.45, 7) is 6.38. The molecule has 0 aliphatic rings. The van der Waals surface area contributed by atoms with Gasteiger partial charge in [-0.1, -0.05) is 13.8 Å². The highest BCUT2D eigenvalue weighted by Crippen LogP contribution is 2.06. The van der Waals surface area contributed by atoms with E-state index in [1.165, 1.54) is 12.0 Å². The van der Waals surface area contributed by atoms with E-state index in [0.717, 1.165) is 25.4 Å². The van der Waals surface area contributed by atoms with Gasteiger partial charge in [-0.15, -0.1) is 0 Å². The highest BCUT2D eigenvalue weighted by molar-refractivity contribution is 5.10. The first-order valence-electron chi connectivity index (χ1n) is 5.07. The number of hydrogen-bond donors (Lipinski definition) is 1. The van der Waals surface area contributed by atoms with E-state index in [4.69, 9.17) is 5.73 Å². The lowest BCUT2D eigenvalue weighted by atomic mass is 10.1. The van der Waals surface area contributed by atoms with Crippen LogP contribution in [0.1, 0.15) is 25.8 Å². The lowest BCUT2D eigenvalue weighted by molar-refractivity contribution is 0.517. The summed E-state index contributed by atoms with van der Waals surface area (Å²) in [5.74, 6) is 0.778. The lowest BCUT2D eigenvalue weighted by Crippen LogP contribution is -2.02. The topological polar surface area (TPSA) is 30.9 Å². The minimum absolute atomic E-state index is 0.744. The Morgan fingerprint density at radius 3 is 2.85 bits per heavy atom. The molecule has 1 rings (SSSR count). The van der Waals surface area contributed by atoms with Gasteiger partial charge in [0, 0.05) is 18.9 Å². The van der Waals surface area contributed by atoms with E-state index in [-0.39, 0.29) is 0 Å². The quantitative estimate of drug-likeness (QED) is 0.738. The summed E-state index contributed by atoms with van der Waals surface area (Å²) < 4.78 is 2.25. The average Bonchev–Trinajstić information content (AvgIpc) is 2.50. The van der Waals surface area contributed by atoms with E-state index in [1.807, 2.05) is 0 Å². The van der Waals surface area contributed by atoms with Crippen LogP contribution < -0.4 is 5.73 Å². The van der Waals surface area contributed by atoms with Crippen LogP contribution in [0.5, 0.6) is 0 Å². The summed E-state index contributed by atoms with van der Waals surface area (Å²) in [4.78, 5) is 0. The third-order valence-electron chi connectivity index (χ3n) is 2.21. The van der Waals surface area contributed by atoms with Crippen LogP contribution in [-0.2, 0) is 13.0 Å². The molecule has 2 N–H and O–H groups in total. The van der Waals surface area contributed by atoms with Gasteiger partial charge in [-0.05, 0) is 36.9 Å². The Labute approximate surface area is 80.7 Å². The minimum atomic E-state index is 0.744. The summed E-state index contributed by atoms with van der Waals surface area (Å²) in [6, 6.07) is 2.16. The van der Waals surface area contributed by atoms with E-state index < -0.39 is 0 Å². The van der Waals surface area contributed by atoms with E-state index >= 15 is 0 Å². The largest absolute Gasteiger partial charge is 0.354 e. The van der Waals surface area contributed by atoms with Crippen molar-refractivity contribution >= 4 is 0 Å². The van der Waals surface area contributed by atoms with Gasteiger partial charge in [-0.3, -0.25) is 0 Å². The SMILES string of the molecule is CC(C)CCn1ccc(CCN)c1. The van der Waals surface area contributed by atoms with E-state index in [1.54, 1.807) is 0 Å². The highest BCUT2D eigenvalue weighted by atomic mass is 14.9. The van der Waals surface area contributed by atoms with Crippen molar-refractivity contribution in [3.8, 4) is 0 Å². The molecular weight excluding hydrogens is 160 g/mol. The van der Waals surface area contributed by atoms with Gasteiger partial charge >= 0.3 is 0 Å². The Balaban J connectivity index is 2.39. The fraction of sp³-hybridized carbons (Fsp3) is 0.636. The number of aromatic nitrogens is 1. The van der Waals surface area contributed by atoms with Crippen molar-refractivity contribution in [1.82, 2.24) is 4.57 Å². The first-order chi connectivity index (χ1) is 6.22. The van der Waals surface area contributed by atoms with Crippen LogP contribution in [-0.4, -0.2) is 11.1 Å². The van der Waals surface area contributed by atoms with Crippen molar-refractivity contribution in [3.63, 3.8) is 0 Å². The van der Waals surface area contributed by atoms with Crippen LogP contribution >= 0.6 is 0 Å². The molecule has 1 aromatic heterocycles. The molecule has 0 saturated carbocycles. The zero-order valence-corrected chi connectivity index (χ0v) is 8.66. The normalized spacial score (nSPS) is 11.1. The second kappa shape index (κ2) is 5.07. The molecular formula is C11H20N2. The van der Waals surface area contributed by atoms with E-state index in [0.29, 0.717) is 0 Å². The first kappa shape index (κ1) is 10.3. The van der Waals surface area contributed by atoms with Crippen molar-refractivity contribution in [1.29, 1.82) is 0 Å². The molecule has 0 amide bonds. The molecule has 0 bridgehead atoms. The highest BCUT2D eigenvalue weighted by Gasteiger charge is 1.97. The van der Waals surface area contributed by atoms with Gasteiger partial charge < -0.3 is 10.3 Å². The molecule has 2 nitrogen and oxygen atoms in total. The fourth-order valence-corrected chi connectivity index (χ4v) is 1.35. The summed E-state index contributed by atoms with van der Waals surface area (Å²) in [5.41, 5.74) is 6.84. The summed E-state index contributed by atoms with van der Waals surface area (Å²) in [6.07, 6.45) is 6.59. The Bertz CT molecular complexity index is 238. The number of hydrogen-bond acceptors (Lipinski definition) is 1. The Morgan fingerprint density at radius 2 is 2.23 bits per heavy atom.